The predicted octanol–water partition coefficient (Wildman–Crippen LogP) is 3.46. The Morgan fingerprint density at radius 3 is 2.44 bits per heavy atom. The molecule has 2 unspecified atom stereocenters. The molecule has 2 aromatic rings. The first-order chi connectivity index (χ1) is 16.3. The van der Waals surface area contributed by atoms with Crippen LogP contribution in [-0.2, 0) is 12.1 Å². The minimum Gasteiger partial charge on any atom is -0.493 e. The summed E-state index contributed by atoms with van der Waals surface area (Å²) in [6.07, 6.45) is 1.58. The molecule has 184 valence electrons. The van der Waals surface area contributed by atoms with Crippen LogP contribution in [0.4, 0.5) is 13.2 Å². The molecule has 1 saturated heterocycles. The van der Waals surface area contributed by atoms with Crippen molar-refractivity contribution < 1.29 is 22.6 Å². The summed E-state index contributed by atoms with van der Waals surface area (Å²) in [5.74, 6) is -2.31. The summed E-state index contributed by atoms with van der Waals surface area (Å²) >= 11 is 0. The van der Waals surface area contributed by atoms with E-state index in [0.29, 0.717) is 17.9 Å². The fourth-order valence-corrected chi connectivity index (χ4v) is 4.91. The molecule has 0 spiro atoms. The molecule has 1 fully saturated rings. The maximum absolute atomic E-state index is 14.3. The molecule has 0 bridgehead atoms. The van der Waals surface area contributed by atoms with Gasteiger partial charge in [-0.15, -0.1) is 0 Å². The highest BCUT2D eigenvalue weighted by molar-refractivity contribution is 5.62. The molecule has 2 aliphatic heterocycles. The number of ether oxygens (including phenoxy) is 2. The van der Waals surface area contributed by atoms with Gasteiger partial charge in [-0.2, -0.15) is 0 Å². The van der Waals surface area contributed by atoms with Gasteiger partial charge in [0.25, 0.3) is 0 Å². The first-order valence-corrected chi connectivity index (χ1v) is 11.4. The molecule has 0 aliphatic carbocycles. The molecule has 2 aromatic carbocycles. The van der Waals surface area contributed by atoms with Crippen LogP contribution in [0, 0.1) is 24.4 Å². The van der Waals surface area contributed by atoms with Gasteiger partial charge in [-0.1, -0.05) is 12.1 Å². The van der Waals surface area contributed by atoms with Gasteiger partial charge in [-0.3, -0.25) is 14.8 Å². The molecule has 2 atom stereocenters. The van der Waals surface area contributed by atoms with E-state index in [9.17, 15) is 13.2 Å². The molecule has 2 aliphatic rings. The second kappa shape index (κ2) is 9.84. The van der Waals surface area contributed by atoms with Crippen molar-refractivity contribution in [3.8, 4) is 11.5 Å². The average molecular weight is 477 g/mol. The van der Waals surface area contributed by atoms with Crippen molar-refractivity contribution in [2.45, 2.75) is 32.0 Å². The van der Waals surface area contributed by atoms with E-state index in [1.807, 2.05) is 25.1 Å². The summed E-state index contributed by atoms with van der Waals surface area (Å²) in [7, 11) is 3.28. The van der Waals surface area contributed by atoms with Gasteiger partial charge in [0.2, 0.25) is 0 Å². The number of nitrogens with zero attached hydrogens (tertiary/aromatic N) is 3. The summed E-state index contributed by atoms with van der Waals surface area (Å²) in [6.45, 7) is 8.09. The molecule has 1 N–H and O–H groups in total. The van der Waals surface area contributed by atoms with Crippen molar-refractivity contribution in [1.82, 2.24) is 15.1 Å². The lowest BCUT2D eigenvalue weighted by Crippen LogP contribution is -2.53. The van der Waals surface area contributed by atoms with E-state index in [0.717, 1.165) is 50.1 Å². The highest BCUT2D eigenvalue weighted by atomic mass is 19.2. The molecule has 0 saturated carbocycles. The summed E-state index contributed by atoms with van der Waals surface area (Å²) in [4.78, 5) is 9.21. The van der Waals surface area contributed by atoms with E-state index in [2.05, 4.69) is 20.1 Å². The first kappa shape index (κ1) is 24.3. The van der Waals surface area contributed by atoms with Gasteiger partial charge in [0.1, 0.15) is 0 Å². The van der Waals surface area contributed by atoms with Crippen molar-refractivity contribution in [3.05, 3.63) is 58.4 Å². The Morgan fingerprint density at radius 2 is 1.76 bits per heavy atom. The zero-order chi connectivity index (χ0) is 24.5. The minimum atomic E-state index is -1.44. The van der Waals surface area contributed by atoms with Crippen molar-refractivity contribution in [2.75, 3.05) is 46.9 Å². The number of rotatable bonds is 7. The number of piperazine rings is 1. The zero-order valence-electron chi connectivity index (χ0n) is 20.0. The van der Waals surface area contributed by atoms with E-state index >= 15 is 0 Å². The molecule has 6 nitrogen and oxygen atoms in total. The third-order valence-electron chi connectivity index (χ3n) is 7.03. The molecule has 0 aromatic heterocycles. The smallest absolute Gasteiger partial charge is 0.194 e. The standard InChI is InChI=1S/C25H31F3N4O2/c1-16-18(12-19(26)23(28)22(16)27)25(2)21(29-15-30-25)14-32-10-8-31(9-11-32)13-17-6-5-7-20(33-3)24(17)34-4/h5-7,12,15,21H,8-11,13-14H2,1-4H3,(H,29,30). The fraction of sp³-hybridized carbons (Fsp3) is 0.480. The largest absolute Gasteiger partial charge is 0.493 e. The van der Waals surface area contributed by atoms with E-state index in [4.69, 9.17) is 9.47 Å². The Morgan fingerprint density at radius 1 is 1.06 bits per heavy atom. The first-order valence-electron chi connectivity index (χ1n) is 11.4. The second-order valence-electron chi connectivity index (χ2n) is 9.03. The van der Waals surface area contributed by atoms with Gasteiger partial charge < -0.3 is 14.8 Å². The Bertz CT molecular complexity index is 1070. The average Bonchev–Trinajstić information content (AvgIpc) is 3.21. The van der Waals surface area contributed by atoms with Crippen LogP contribution >= 0.6 is 0 Å². The predicted molar refractivity (Wildman–Crippen MR) is 125 cm³/mol. The van der Waals surface area contributed by atoms with Crippen LogP contribution in [-0.4, -0.2) is 69.1 Å². The SMILES string of the molecule is COc1cccc(CN2CCN(CC3N=CNC3(C)c3cc(F)c(F)c(F)c3C)CC2)c1OC. The van der Waals surface area contributed by atoms with Crippen LogP contribution in [0.5, 0.6) is 11.5 Å². The van der Waals surface area contributed by atoms with Crippen molar-refractivity contribution in [1.29, 1.82) is 0 Å². The van der Waals surface area contributed by atoms with Crippen LogP contribution in [0.1, 0.15) is 23.6 Å². The van der Waals surface area contributed by atoms with Crippen LogP contribution in [0.15, 0.2) is 29.3 Å². The van der Waals surface area contributed by atoms with E-state index in [1.165, 1.54) is 6.92 Å². The molecule has 0 amide bonds. The van der Waals surface area contributed by atoms with Crippen molar-refractivity contribution >= 4 is 6.34 Å². The molecular formula is C25H31F3N4O2. The monoisotopic (exact) mass is 476 g/mol. The van der Waals surface area contributed by atoms with E-state index in [-0.39, 0.29) is 11.6 Å². The Balaban J connectivity index is 1.41. The highest BCUT2D eigenvalue weighted by Crippen LogP contribution is 2.35. The normalized spacial score (nSPS) is 23.2. The number of hydrogen-bond donors (Lipinski definition) is 1. The lowest BCUT2D eigenvalue weighted by atomic mass is 9.82. The number of halogens is 3. The molecule has 34 heavy (non-hydrogen) atoms. The highest BCUT2D eigenvalue weighted by Gasteiger charge is 2.42. The fourth-order valence-electron chi connectivity index (χ4n) is 4.91. The second-order valence-corrected chi connectivity index (χ2v) is 9.03. The quantitative estimate of drug-likeness (QED) is 0.621. The minimum absolute atomic E-state index is 0.0986. The Labute approximate surface area is 198 Å². The third kappa shape index (κ3) is 4.46. The summed E-state index contributed by atoms with van der Waals surface area (Å²) < 4.78 is 53.0. The lowest BCUT2D eigenvalue weighted by Gasteiger charge is -2.39. The van der Waals surface area contributed by atoms with Crippen LogP contribution in [0.3, 0.4) is 0 Å². The summed E-state index contributed by atoms with van der Waals surface area (Å²) in [5.41, 5.74) is 0.727. The van der Waals surface area contributed by atoms with Gasteiger partial charge in [0, 0.05) is 44.8 Å². The van der Waals surface area contributed by atoms with Crippen LogP contribution in [0.25, 0.3) is 0 Å². The molecule has 2 heterocycles. The van der Waals surface area contributed by atoms with Crippen molar-refractivity contribution in [2.24, 2.45) is 4.99 Å². The van der Waals surface area contributed by atoms with E-state index in [1.54, 1.807) is 20.6 Å². The molecule has 9 heteroatoms. The molecule has 0 radical (unpaired) electrons. The topological polar surface area (TPSA) is 49.3 Å². The Hall–Kier alpha value is -2.78. The van der Waals surface area contributed by atoms with Crippen LogP contribution in [0.2, 0.25) is 0 Å². The van der Waals surface area contributed by atoms with Gasteiger partial charge in [0.05, 0.1) is 32.1 Å². The summed E-state index contributed by atoms with van der Waals surface area (Å²) in [5, 5.41) is 3.16. The number of methoxy groups -OCH3 is 2. The number of nitrogens with one attached hydrogen (secondary N) is 1. The number of hydrogen-bond acceptors (Lipinski definition) is 6. The maximum Gasteiger partial charge on any atom is 0.194 e. The number of para-hydroxylation sites is 1. The van der Waals surface area contributed by atoms with Gasteiger partial charge in [0.15, 0.2) is 29.0 Å². The van der Waals surface area contributed by atoms with Crippen LogP contribution < -0.4 is 14.8 Å². The Kier molecular flexibility index (Phi) is 7.04. The number of benzene rings is 2. The number of aliphatic imine (C=N–C) groups is 1. The maximum atomic E-state index is 14.3. The van der Waals surface area contributed by atoms with Gasteiger partial charge >= 0.3 is 0 Å². The molecular weight excluding hydrogens is 445 g/mol. The lowest BCUT2D eigenvalue weighted by molar-refractivity contribution is 0.113. The molecule has 4 rings (SSSR count). The van der Waals surface area contributed by atoms with Gasteiger partial charge in [-0.05, 0) is 37.1 Å². The van der Waals surface area contributed by atoms with Crippen molar-refractivity contribution in [3.63, 3.8) is 0 Å². The third-order valence-corrected chi connectivity index (χ3v) is 7.03. The van der Waals surface area contributed by atoms with Gasteiger partial charge in [-0.25, -0.2) is 13.2 Å². The summed E-state index contributed by atoms with van der Waals surface area (Å²) in [6, 6.07) is 6.71. The van der Waals surface area contributed by atoms with E-state index < -0.39 is 23.0 Å². The zero-order valence-corrected chi connectivity index (χ0v) is 20.0.